The van der Waals surface area contributed by atoms with Crippen LogP contribution in [0.5, 0.6) is 0 Å². The standard InChI is InChI=1S/C45H28N4O/c1-3-13-30(14-4-1)43-46-44(31-15-5-2-6-16-31)48-45(47-43)32-25-23-29(24-26-32)41-39(28-27-36-35-19-9-12-22-40(35)50-42(36)41)49-37-20-10-7-17-33(37)34-18-8-11-21-38(34)49/h1-28H. The topological polar surface area (TPSA) is 56.7 Å². The van der Waals surface area contributed by atoms with Crippen molar-refractivity contribution in [1.29, 1.82) is 0 Å². The maximum absolute atomic E-state index is 6.70. The zero-order chi connectivity index (χ0) is 33.0. The SMILES string of the molecule is c1ccc(-c2nc(-c3ccccc3)nc(-c3ccc(-c4c(-n5c6ccccc6c6ccccc65)ccc5c4oc4ccccc45)cc3)n2)cc1. The Labute approximate surface area is 287 Å². The molecule has 0 bridgehead atoms. The Bertz CT molecular complexity index is 2740. The van der Waals surface area contributed by atoms with E-state index in [4.69, 9.17) is 19.4 Å². The molecular weight excluding hydrogens is 613 g/mol. The van der Waals surface area contributed by atoms with Crippen molar-refractivity contribution < 1.29 is 4.42 Å². The predicted molar refractivity (Wildman–Crippen MR) is 203 cm³/mol. The molecule has 0 atom stereocenters. The molecule has 5 heteroatoms. The minimum Gasteiger partial charge on any atom is -0.455 e. The molecule has 50 heavy (non-hydrogen) atoms. The first-order valence-electron chi connectivity index (χ1n) is 16.7. The van der Waals surface area contributed by atoms with Crippen LogP contribution in [0.3, 0.4) is 0 Å². The number of aromatic nitrogens is 4. The summed E-state index contributed by atoms with van der Waals surface area (Å²) in [6.07, 6.45) is 0. The van der Waals surface area contributed by atoms with Crippen molar-refractivity contribution in [3.63, 3.8) is 0 Å². The Balaban J connectivity index is 1.19. The number of furan rings is 1. The quantitative estimate of drug-likeness (QED) is 0.188. The predicted octanol–water partition coefficient (Wildman–Crippen LogP) is 11.5. The van der Waals surface area contributed by atoms with E-state index >= 15 is 0 Å². The van der Waals surface area contributed by atoms with Gasteiger partial charge in [0.25, 0.3) is 0 Å². The average molecular weight is 641 g/mol. The second-order valence-electron chi connectivity index (χ2n) is 12.4. The maximum Gasteiger partial charge on any atom is 0.164 e. The van der Waals surface area contributed by atoms with Crippen LogP contribution >= 0.6 is 0 Å². The van der Waals surface area contributed by atoms with Crippen LogP contribution in [0.1, 0.15) is 0 Å². The van der Waals surface area contributed by atoms with Gasteiger partial charge < -0.3 is 8.98 Å². The van der Waals surface area contributed by atoms with Gasteiger partial charge in [0.1, 0.15) is 11.2 Å². The number of hydrogen-bond acceptors (Lipinski definition) is 4. The molecule has 0 N–H and O–H groups in total. The van der Waals surface area contributed by atoms with Gasteiger partial charge in [-0.05, 0) is 35.9 Å². The highest BCUT2D eigenvalue weighted by Gasteiger charge is 2.21. The fourth-order valence-electron chi connectivity index (χ4n) is 7.15. The van der Waals surface area contributed by atoms with Crippen molar-refractivity contribution in [2.75, 3.05) is 0 Å². The first-order chi connectivity index (χ1) is 24.8. The van der Waals surface area contributed by atoms with Gasteiger partial charge in [0.05, 0.1) is 16.7 Å². The number of benzene rings is 7. The molecule has 0 fully saturated rings. The monoisotopic (exact) mass is 640 g/mol. The van der Waals surface area contributed by atoms with E-state index in [2.05, 4.69) is 102 Å². The molecule has 0 aliphatic heterocycles. The molecule has 0 saturated heterocycles. The minimum absolute atomic E-state index is 0.619. The van der Waals surface area contributed by atoms with E-state index < -0.39 is 0 Å². The Hall–Kier alpha value is -6.85. The first-order valence-corrected chi connectivity index (χ1v) is 16.7. The molecule has 10 aromatic rings. The second-order valence-corrected chi connectivity index (χ2v) is 12.4. The summed E-state index contributed by atoms with van der Waals surface area (Å²) in [6, 6.07) is 58.5. The van der Waals surface area contributed by atoms with Crippen LogP contribution in [0.15, 0.2) is 174 Å². The molecule has 234 valence electrons. The van der Waals surface area contributed by atoms with Gasteiger partial charge in [-0.2, -0.15) is 0 Å². The Morgan fingerprint density at radius 2 is 0.820 bits per heavy atom. The summed E-state index contributed by atoms with van der Waals surface area (Å²) in [7, 11) is 0. The largest absolute Gasteiger partial charge is 0.455 e. The third-order valence-electron chi connectivity index (χ3n) is 9.48. The van der Waals surface area contributed by atoms with Crippen molar-refractivity contribution in [3.05, 3.63) is 170 Å². The van der Waals surface area contributed by atoms with E-state index in [9.17, 15) is 0 Å². The third-order valence-corrected chi connectivity index (χ3v) is 9.48. The third kappa shape index (κ3) is 4.52. The average Bonchev–Trinajstić information content (AvgIpc) is 3.74. The van der Waals surface area contributed by atoms with E-state index in [1.54, 1.807) is 0 Å². The van der Waals surface area contributed by atoms with E-state index in [-0.39, 0.29) is 0 Å². The lowest BCUT2D eigenvalue weighted by Gasteiger charge is -2.15. The highest BCUT2D eigenvalue weighted by Crippen LogP contribution is 2.43. The summed E-state index contributed by atoms with van der Waals surface area (Å²) >= 11 is 0. The summed E-state index contributed by atoms with van der Waals surface area (Å²) in [5.74, 6) is 1.90. The van der Waals surface area contributed by atoms with Crippen LogP contribution in [0.25, 0.3) is 94.7 Å². The van der Waals surface area contributed by atoms with Gasteiger partial charge >= 0.3 is 0 Å². The fraction of sp³-hybridized carbons (Fsp3) is 0. The summed E-state index contributed by atoms with van der Waals surface area (Å²) in [4.78, 5) is 14.8. The first kappa shape index (κ1) is 28.2. The molecule has 3 heterocycles. The fourth-order valence-corrected chi connectivity index (χ4v) is 7.15. The number of nitrogens with zero attached hydrogens (tertiary/aromatic N) is 4. The van der Waals surface area contributed by atoms with E-state index in [1.807, 2.05) is 72.8 Å². The molecule has 3 aromatic heterocycles. The van der Waals surface area contributed by atoms with Gasteiger partial charge in [0, 0.05) is 43.8 Å². The van der Waals surface area contributed by atoms with Crippen LogP contribution in [0.4, 0.5) is 0 Å². The zero-order valence-electron chi connectivity index (χ0n) is 26.9. The van der Waals surface area contributed by atoms with Gasteiger partial charge in [-0.3, -0.25) is 0 Å². The molecule has 5 nitrogen and oxygen atoms in total. The molecule has 0 radical (unpaired) electrons. The Morgan fingerprint density at radius 3 is 1.40 bits per heavy atom. The molecule has 0 spiro atoms. The second kappa shape index (κ2) is 11.4. The van der Waals surface area contributed by atoms with E-state index in [0.29, 0.717) is 17.5 Å². The number of rotatable bonds is 5. The summed E-state index contributed by atoms with van der Waals surface area (Å²) in [5, 5.41) is 4.61. The smallest absolute Gasteiger partial charge is 0.164 e. The zero-order valence-corrected chi connectivity index (χ0v) is 26.9. The summed E-state index contributed by atoms with van der Waals surface area (Å²) < 4.78 is 9.06. The summed E-state index contributed by atoms with van der Waals surface area (Å²) in [6.45, 7) is 0. The molecule has 0 saturated carbocycles. The van der Waals surface area contributed by atoms with Crippen molar-refractivity contribution in [2.24, 2.45) is 0 Å². The van der Waals surface area contributed by atoms with E-state index in [1.165, 1.54) is 10.8 Å². The summed E-state index contributed by atoms with van der Waals surface area (Å²) in [5.41, 5.74) is 9.93. The molecule has 0 aliphatic rings. The highest BCUT2D eigenvalue weighted by atomic mass is 16.3. The normalized spacial score (nSPS) is 11.6. The van der Waals surface area contributed by atoms with Gasteiger partial charge in [0.2, 0.25) is 0 Å². The van der Waals surface area contributed by atoms with E-state index in [0.717, 1.165) is 66.5 Å². The number of fused-ring (bicyclic) bond motifs is 6. The van der Waals surface area contributed by atoms with Crippen LogP contribution in [0, 0.1) is 0 Å². The van der Waals surface area contributed by atoms with Crippen molar-refractivity contribution in [3.8, 4) is 51.0 Å². The number of hydrogen-bond donors (Lipinski definition) is 0. The molecular formula is C45H28N4O. The van der Waals surface area contributed by atoms with Crippen LogP contribution < -0.4 is 0 Å². The Morgan fingerprint density at radius 1 is 0.360 bits per heavy atom. The van der Waals surface area contributed by atoms with Crippen molar-refractivity contribution in [1.82, 2.24) is 19.5 Å². The molecule has 0 amide bonds. The Kier molecular flexibility index (Phi) is 6.42. The van der Waals surface area contributed by atoms with Gasteiger partial charge in [-0.15, -0.1) is 0 Å². The molecule has 10 rings (SSSR count). The van der Waals surface area contributed by atoms with Gasteiger partial charge in [-0.1, -0.05) is 140 Å². The van der Waals surface area contributed by atoms with Crippen LogP contribution in [0.2, 0.25) is 0 Å². The highest BCUT2D eigenvalue weighted by molar-refractivity contribution is 6.14. The lowest BCUT2D eigenvalue weighted by Crippen LogP contribution is -2.00. The van der Waals surface area contributed by atoms with Crippen LogP contribution in [-0.2, 0) is 0 Å². The van der Waals surface area contributed by atoms with Gasteiger partial charge in [-0.25, -0.2) is 15.0 Å². The van der Waals surface area contributed by atoms with Crippen molar-refractivity contribution in [2.45, 2.75) is 0 Å². The molecule has 0 unspecified atom stereocenters. The maximum atomic E-state index is 6.70. The number of para-hydroxylation sites is 3. The molecule has 0 aliphatic carbocycles. The van der Waals surface area contributed by atoms with Crippen molar-refractivity contribution >= 4 is 43.7 Å². The van der Waals surface area contributed by atoms with Gasteiger partial charge in [0.15, 0.2) is 17.5 Å². The minimum atomic E-state index is 0.619. The lowest BCUT2D eigenvalue weighted by molar-refractivity contribution is 0.670. The van der Waals surface area contributed by atoms with Crippen LogP contribution in [-0.4, -0.2) is 19.5 Å². The lowest BCUT2D eigenvalue weighted by atomic mass is 9.98. The molecule has 7 aromatic carbocycles.